The molecular formula is C12H15NO4. The number of benzene rings is 1. The molecule has 1 aliphatic rings. The van der Waals surface area contributed by atoms with Gasteiger partial charge in [0.05, 0.1) is 14.2 Å². The zero-order valence-corrected chi connectivity index (χ0v) is 9.77. The summed E-state index contributed by atoms with van der Waals surface area (Å²) in [6.45, 7) is 0. The third-order valence-electron chi connectivity index (χ3n) is 3.22. The summed E-state index contributed by atoms with van der Waals surface area (Å²) in [6, 6.07) is 5.31. The molecule has 2 rings (SSSR count). The Morgan fingerprint density at radius 3 is 2.65 bits per heavy atom. The summed E-state index contributed by atoms with van der Waals surface area (Å²) in [6.07, 6.45) is 0.436. The minimum atomic E-state index is -1.15. The van der Waals surface area contributed by atoms with E-state index >= 15 is 0 Å². The first kappa shape index (κ1) is 11.7. The van der Waals surface area contributed by atoms with Crippen molar-refractivity contribution in [3.63, 3.8) is 0 Å². The molecule has 17 heavy (non-hydrogen) atoms. The fourth-order valence-corrected chi connectivity index (χ4v) is 2.01. The molecule has 0 heterocycles. The van der Waals surface area contributed by atoms with Gasteiger partial charge in [0.1, 0.15) is 17.0 Å². The lowest BCUT2D eigenvalue weighted by Crippen LogP contribution is -2.34. The first-order valence-corrected chi connectivity index (χ1v) is 5.27. The smallest absolute Gasteiger partial charge is 0.324 e. The maximum absolute atomic E-state index is 11.0. The number of methoxy groups -OCH3 is 2. The van der Waals surface area contributed by atoms with Gasteiger partial charge in [-0.15, -0.1) is 0 Å². The van der Waals surface area contributed by atoms with Gasteiger partial charge in [-0.05, 0) is 18.1 Å². The number of ether oxygens (including phenoxy) is 2. The quantitative estimate of drug-likeness (QED) is 0.815. The molecular weight excluding hydrogens is 222 g/mol. The zero-order chi connectivity index (χ0) is 12.6. The molecule has 5 heteroatoms. The van der Waals surface area contributed by atoms with Gasteiger partial charge in [0.15, 0.2) is 0 Å². The van der Waals surface area contributed by atoms with E-state index < -0.39 is 11.5 Å². The van der Waals surface area contributed by atoms with Gasteiger partial charge in [-0.3, -0.25) is 4.79 Å². The van der Waals surface area contributed by atoms with Crippen LogP contribution in [0, 0.1) is 0 Å². The number of carbonyl (C=O) groups is 1. The number of rotatable bonds is 4. The number of hydrogen-bond acceptors (Lipinski definition) is 4. The molecule has 0 unspecified atom stereocenters. The van der Waals surface area contributed by atoms with Gasteiger partial charge in [-0.2, -0.15) is 0 Å². The highest BCUT2D eigenvalue weighted by Crippen LogP contribution is 2.52. The highest BCUT2D eigenvalue weighted by atomic mass is 16.5. The Labute approximate surface area is 99.1 Å². The molecule has 1 aliphatic carbocycles. The third-order valence-corrected chi connectivity index (χ3v) is 3.22. The van der Waals surface area contributed by atoms with Crippen LogP contribution in [0.25, 0.3) is 0 Å². The van der Waals surface area contributed by atoms with Crippen molar-refractivity contribution in [3.8, 4) is 11.5 Å². The van der Waals surface area contributed by atoms with E-state index in [2.05, 4.69) is 0 Å². The largest absolute Gasteiger partial charge is 0.497 e. The van der Waals surface area contributed by atoms with Gasteiger partial charge < -0.3 is 20.3 Å². The molecule has 1 fully saturated rings. The Morgan fingerprint density at radius 2 is 2.18 bits per heavy atom. The maximum atomic E-state index is 11.0. The molecule has 0 radical (unpaired) electrons. The van der Waals surface area contributed by atoms with Crippen molar-refractivity contribution in [2.75, 3.05) is 14.2 Å². The van der Waals surface area contributed by atoms with Crippen LogP contribution in [0.4, 0.5) is 0 Å². The van der Waals surface area contributed by atoms with Crippen LogP contribution in [0.1, 0.15) is 17.9 Å². The second kappa shape index (κ2) is 3.92. The van der Waals surface area contributed by atoms with E-state index in [4.69, 9.17) is 20.3 Å². The van der Waals surface area contributed by atoms with E-state index in [0.29, 0.717) is 17.9 Å². The molecule has 1 aromatic carbocycles. The lowest BCUT2D eigenvalue weighted by molar-refractivity contribution is -0.139. The minimum absolute atomic E-state index is 0.194. The van der Waals surface area contributed by atoms with Crippen LogP contribution >= 0.6 is 0 Å². The normalized spacial score (nSPS) is 26.4. The molecule has 1 saturated carbocycles. The van der Waals surface area contributed by atoms with E-state index in [1.165, 1.54) is 0 Å². The second-order valence-corrected chi connectivity index (χ2v) is 4.21. The summed E-state index contributed by atoms with van der Waals surface area (Å²) < 4.78 is 10.3. The molecule has 0 saturated heterocycles. The minimum Gasteiger partial charge on any atom is -0.497 e. The topological polar surface area (TPSA) is 81.8 Å². The lowest BCUT2D eigenvalue weighted by Gasteiger charge is -2.11. The molecule has 0 amide bonds. The number of hydrogen-bond donors (Lipinski definition) is 2. The Balaban J connectivity index is 2.32. The first-order valence-electron chi connectivity index (χ1n) is 5.27. The van der Waals surface area contributed by atoms with E-state index in [0.717, 1.165) is 5.56 Å². The van der Waals surface area contributed by atoms with Crippen LogP contribution in [-0.2, 0) is 4.79 Å². The Kier molecular flexibility index (Phi) is 2.71. The van der Waals surface area contributed by atoms with Crippen LogP contribution < -0.4 is 15.2 Å². The van der Waals surface area contributed by atoms with Crippen molar-refractivity contribution < 1.29 is 19.4 Å². The van der Waals surface area contributed by atoms with Crippen molar-refractivity contribution in [3.05, 3.63) is 23.8 Å². The van der Waals surface area contributed by atoms with Crippen molar-refractivity contribution in [1.82, 2.24) is 0 Å². The van der Waals surface area contributed by atoms with Gasteiger partial charge in [0.25, 0.3) is 0 Å². The van der Waals surface area contributed by atoms with Gasteiger partial charge in [-0.25, -0.2) is 0 Å². The fourth-order valence-electron chi connectivity index (χ4n) is 2.01. The average Bonchev–Trinajstić information content (AvgIpc) is 3.02. The number of carboxylic acid groups (broad SMARTS) is 1. The number of aliphatic carboxylic acids is 1. The molecule has 2 atom stereocenters. The standard InChI is InChI=1S/C12H15NO4/c1-16-7-3-4-8(10(5-7)17-2)9-6-12(9,13)11(14)15/h3-5,9H,6,13H2,1-2H3,(H,14,15)/t9-,12+/m1/s1. The van der Waals surface area contributed by atoms with Gasteiger partial charge >= 0.3 is 5.97 Å². The summed E-state index contributed by atoms with van der Waals surface area (Å²) in [5.41, 5.74) is 5.44. The van der Waals surface area contributed by atoms with E-state index in [-0.39, 0.29) is 5.92 Å². The summed E-state index contributed by atoms with van der Waals surface area (Å²) >= 11 is 0. The first-order chi connectivity index (χ1) is 8.02. The Hall–Kier alpha value is -1.75. The molecule has 0 aliphatic heterocycles. The van der Waals surface area contributed by atoms with Crippen LogP contribution in [0.2, 0.25) is 0 Å². The van der Waals surface area contributed by atoms with E-state index in [9.17, 15) is 4.79 Å². The monoisotopic (exact) mass is 237 g/mol. The number of carboxylic acids is 1. The highest BCUT2D eigenvalue weighted by molar-refractivity contribution is 5.85. The van der Waals surface area contributed by atoms with Crippen LogP contribution in [0.3, 0.4) is 0 Å². The van der Waals surface area contributed by atoms with Gasteiger partial charge in [0.2, 0.25) is 0 Å². The van der Waals surface area contributed by atoms with Crippen molar-refractivity contribution in [2.45, 2.75) is 17.9 Å². The van der Waals surface area contributed by atoms with Crippen LogP contribution in [0.15, 0.2) is 18.2 Å². The lowest BCUT2D eigenvalue weighted by atomic mass is 10.1. The summed E-state index contributed by atoms with van der Waals surface area (Å²) in [7, 11) is 3.11. The van der Waals surface area contributed by atoms with Gasteiger partial charge in [-0.1, -0.05) is 6.07 Å². The van der Waals surface area contributed by atoms with Crippen molar-refractivity contribution in [2.24, 2.45) is 5.73 Å². The summed E-state index contributed by atoms with van der Waals surface area (Å²) in [5.74, 6) is 0.119. The second-order valence-electron chi connectivity index (χ2n) is 4.21. The van der Waals surface area contributed by atoms with E-state index in [1.54, 1.807) is 32.4 Å². The zero-order valence-electron chi connectivity index (χ0n) is 9.77. The third kappa shape index (κ3) is 1.82. The molecule has 0 spiro atoms. The molecule has 3 N–H and O–H groups in total. The molecule has 92 valence electrons. The van der Waals surface area contributed by atoms with Crippen LogP contribution in [-0.4, -0.2) is 30.8 Å². The van der Waals surface area contributed by atoms with Crippen LogP contribution in [0.5, 0.6) is 11.5 Å². The predicted molar refractivity (Wildman–Crippen MR) is 61.5 cm³/mol. The fraction of sp³-hybridized carbons (Fsp3) is 0.417. The molecule has 0 bridgehead atoms. The number of nitrogens with two attached hydrogens (primary N) is 1. The maximum Gasteiger partial charge on any atom is 0.324 e. The summed E-state index contributed by atoms with van der Waals surface area (Å²) in [4.78, 5) is 11.0. The predicted octanol–water partition coefficient (Wildman–Crippen LogP) is 0.973. The molecule has 0 aromatic heterocycles. The van der Waals surface area contributed by atoms with Gasteiger partial charge in [0, 0.05) is 12.0 Å². The van der Waals surface area contributed by atoms with E-state index in [1.807, 2.05) is 0 Å². The van der Waals surface area contributed by atoms with Crippen molar-refractivity contribution >= 4 is 5.97 Å². The Morgan fingerprint density at radius 1 is 1.47 bits per heavy atom. The summed E-state index contributed by atoms with van der Waals surface area (Å²) in [5, 5.41) is 9.02. The average molecular weight is 237 g/mol. The SMILES string of the molecule is COc1ccc([C@H]2C[C@@]2(N)C(=O)O)c(OC)c1. The molecule has 5 nitrogen and oxygen atoms in total. The Bertz CT molecular complexity index is 460. The molecule has 1 aromatic rings. The highest BCUT2D eigenvalue weighted by Gasteiger charge is 2.59. The van der Waals surface area contributed by atoms with Crippen molar-refractivity contribution in [1.29, 1.82) is 0 Å².